The van der Waals surface area contributed by atoms with Gasteiger partial charge in [-0.2, -0.15) is 0 Å². The molecule has 0 radical (unpaired) electrons. The predicted molar refractivity (Wildman–Crippen MR) is 99.4 cm³/mol. The highest BCUT2D eigenvalue weighted by Gasteiger charge is 2.20. The molecule has 0 bridgehead atoms. The van der Waals surface area contributed by atoms with Crippen LogP contribution in [-0.2, 0) is 0 Å². The summed E-state index contributed by atoms with van der Waals surface area (Å²) < 4.78 is 10.6. The average Bonchev–Trinajstić information content (AvgIpc) is 3.08. The van der Waals surface area contributed by atoms with Crippen molar-refractivity contribution in [3.63, 3.8) is 0 Å². The van der Waals surface area contributed by atoms with Crippen molar-refractivity contribution in [2.24, 2.45) is 10.9 Å². The number of anilines is 1. The van der Waals surface area contributed by atoms with Gasteiger partial charge in [0.15, 0.2) is 17.5 Å². The zero-order valence-corrected chi connectivity index (χ0v) is 15.3. The molecule has 1 aromatic carbocycles. The second-order valence-corrected chi connectivity index (χ2v) is 5.96. The van der Waals surface area contributed by atoms with Crippen LogP contribution in [0.2, 0.25) is 0 Å². The van der Waals surface area contributed by atoms with Crippen LogP contribution in [0.15, 0.2) is 23.2 Å². The lowest BCUT2D eigenvalue weighted by atomic mass is 10.1. The first kappa shape index (κ1) is 18.4. The molecule has 0 amide bonds. The summed E-state index contributed by atoms with van der Waals surface area (Å²) in [7, 11) is 3.28. The van der Waals surface area contributed by atoms with Crippen LogP contribution in [0.4, 0.5) is 5.69 Å². The molecule has 0 aliphatic carbocycles. The van der Waals surface area contributed by atoms with Crippen molar-refractivity contribution >= 4 is 11.6 Å². The van der Waals surface area contributed by atoms with Gasteiger partial charge in [-0.15, -0.1) is 0 Å². The fourth-order valence-electron chi connectivity index (χ4n) is 2.93. The fourth-order valence-corrected chi connectivity index (χ4v) is 2.93. The van der Waals surface area contributed by atoms with Crippen LogP contribution >= 0.6 is 0 Å². The molecule has 2 N–H and O–H groups in total. The summed E-state index contributed by atoms with van der Waals surface area (Å²) in [6.07, 6.45) is 1.23. The Labute approximate surface area is 145 Å². The predicted octanol–water partition coefficient (Wildman–Crippen LogP) is 2.42. The van der Waals surface area contributed by atoms with Crippen molar-refractivity contribution in [3.05, 3.63) is 18.2 Å². The van der Waals surface area contributed by atoms with E-state index in [2.05, 4.69) is 29.4 Å². The second-order valence-electron chi connectivity index (χ2n) is 5.96. The van der Waals surface area contributed by atoms with Gasteiger partial charge in [0.2, 0.25) is 0 Å². The van der Waals surface area contributed by atoms with E-state index < -0.39 is 0 Å². The van der Waals surface area contributed by atoms with Gasteiger partial charge in [-0.05, 0) is 44.5 Å². The molecule has 6 heteroatoms. The lowest BCUT2D eigenvalue weighted by molar-refractivity contribution is 0.344. The third-order valence-electron chi connectivity index (χ3n) is 4.32. The number of ether oxygens (including phenoxy) is 2. The summed E-state index contributed by atoms with van der Waals surface area (Å²) >= 11 is 0. The quantitative estimate of drug-likeness (QED) is 0.592. The van der Waals surface area contributed by atoms with Gasteiger partial charge in [0.25, 0.3) is 0 Å². The molecule has 1 atom stereocenters. The minimum absolute atomic E-state index is 0.644. The molecule has 1 aromatic rings. The Kier molecular flexibility index (Phi) is 7.18. The Hall–Kier alpha value is -1.95. The van der Waals surface area contributed by atoms with Crippen LogP contribution in [0.1, 0.15) is 20.3 Å². The van der Waals surface area contributed by atoms with Gasteiger partial charge >= 0.3 is 0 Å². The summed E-state index contributed by atoms with van der Waals surface area (Å²) in [6.45, 7) is 9.43. The zero-order chi connectivity index (χ0) is 17.4. The highest BCUT2D eigenvalue weighted by Crippen LogP contribution is 2.29. The first-order valence-corrected chi connectivity index (χ1v) is 8.69. The number of benzene rings is 1. The number of nitrogens with zero attached hydrogens (tertiary/aromatic N) is 2. The summed E-state index contributed by atoms with van der Waals surface area (Å²) in [5.41, 5.74) is 0.925. The highest BCUT2D eigenvalue weighted by atomic mass is 16.5. The van der Waals surface area contributed by atoms with E-state index in [0.29, 0.717) is 11.7 Å². The summed E-state index contributed by atoms with van der Waals surface area (Å²) in [4.78, 5) is 7.23. The number of nitrogens with one attached hydrogen (secondary N) is 2. The van der Waals surface area contributed by atoms with Crippen molar-refractivity contribution in [1.29, 1.82) is 0 Å². The second kappa shape index (κ2) is 9.37. The third-order valence-corrected chi connectivity index (χ3v) is 4.32. The minimum atomic E-state index is 0.644. The van der Waals surface area contributed by atoms with Crippen molar-refractivity contribution in [3.8, 4) is 11.5 Å². The molecule has 1 aliphatic heterocycles. The van der Waals surface area contributed by atoms with Crippen LogP contribution in [0, 0.1) is 5.92 Å². The highest BCUT2D eigenvalue weighted by molar-refractivity contribution is 5.93. The van der Waals surface area contributed by atoms with E-state index in [4.69, 9.17) is 14.5 Å². The Balaban J connectivity index is 2.01. The molecule has 0 aromatic heterocycles. The van der Waals surface area contributed by atoms with Gasteiger partial charge in [-0.3, -0.25) is 4.99 Å². The average molecular weight is 334 g/mol. The number of likely N-dealkylation sites (tertiary alicyclic amines) is 1. The van der Waals surface area contributed by atoms with Gasteiger partial charge in [-0.1, -0.05) is 6.92 Å². The van der Waals surface area contributed by atoms with Gasteiger partial charge in [0.05, 0.1) is 14.2 Å². The molecule has 1 fully saturated rings. The molecule has 1 saturated heterocycles. The number of methoxy groups -OCH3 is 2. The zero-order valence-electron chi connectivity index (χ0n) is 15.3. The Bertz CT molecular complexity index is 548. The number of aliphatic imine (C=N–C) groups is 1. The normalized spacial score (nSPS) is 18.5. The summed E-state index contributed by atoms with van der Waals surface area (Å²) in [5.74, 6) is 2.87. The van der Waals surface area contributed by atoms with E-state index in [1.165, 1.54) is 13.0 Å². The lowest BCUT2D eigenvalue weighted by Gasteiger charge is -2.15. The fraction of sp³-hybridized carbons (Fsp3) is 0.611. The minimum Gasteiger partial charge on any atom is -0.493 e. The van der Waals surface area contributed by atoms with Gasteiger partial charge in [-0.25, -0.2) is 0 Å². The molecular weight excluding hydrogens is 304 g/mol. The maximum atomic E-state index is 5.35. The molecule has 24 heavy (non-hydrogen) atoms. The van der Waals surface area contributed by atoms with Gasteiger partial charge in [0.1, 0.15) is 0 Å². The first-order chi connectivity index (χ1) is 11.7. The van der Waals surface area contributed by atoms with E-state index in [-0.39, 0.29) is 0 Å². The number of hydrogen-bond acceptors (Lipinski definition) is 4. The van der Waals surface area contributed by atoms with E-state index in [0.717, 1.165) is 43.6 Å². The maximum Gasteiger partial charge on any atom is 0.195 e. The van der Waals surface area contributed by atoms with E-state index >= 15 is 0 Å². The van der Waals surface area contributed by atoms with Crippen LogP contribution in [-0.4, -0.2) is 57.8 Å². The van der Waals surface area contributed by atoms with Crippen LogP contribution in [0.5, 0.6) is 11.5 Å². The largest absolute Gasteiger partial charge is 0.493 e. The van der Waals surface area contributed by atoms with E-state index in [1.807, 2.05) is 18.2 Å². The maximum absolute atomic E-state index is 5.35. The van der Waals surface area contributed by atoms with Crippen molar-refractivity contribution < 1.29 is 9.47 Å². The molecule has 1 aliphatic rings. The monoisotopic (exact) mass is 334 g/mol. The number of rotatable bonds is 7. The SMILES string of the molecule is CCNC(=NCC1CCN(CC)C1)Nc1ccc(OC)c(OC)c1. The molecule has 1 unspecified atom stereocenters. The molecular formula is C18H30N4O2. The molecule has 134 valence electrons. The Morgan fingerprint density at radius 1 is 1.25 bits per heavy atom. The van der Waals surface area contributed by atoms with Crippen LogP contribution < -0.4 is 20.1 Å². The molecule has 1 heterocycles. The Morgan fingerprint density at radius 2 is 2.04 bits per heavy atom. The van der Waals surface area contributed by atoms with E-state index in [1.54, 1.807) is 14.2 Å². The topological polar surface area (TPSA) is 58.1 Å². The van der Waals surface area contributed by atoms with Crippen molar-refractivity contribution in [2.45, 2.75) is 20.3 Å². The number of guanidine groups is 1. The lowest BCUT2D eigenvalue weighted by Crippen LogP contribution is -2.31. The van der Waals surface area contributed by atoms with Crippen molar-refractivity contribution in [1.82, 2.24) is 10.2 Å². The van der Waals surface area contributed by atoms with E-state index in [9.17, 15) is 0 Å². The van der Waals surface area contributed by atoms with Crippen LogP contribution in [0.25, 0.3) is 0 Å². The molecule has 2 rings (SSSR count). The first-order valence-electron chi connectivity index (χ1n) is 8.69. The van der Waals surface area contributed by atoms with Gasteiger partial charge < -0.3 is 25.0 Å². The van der Waals surface area contributed by atoms with Crippen LogP contribution in [0.3, 0.4) is 0 Å². The molecule has 6 nitrogen and oxygen atoms in total. The smallest absolute Gasteiger partial charge is 0.195 e. The van der Waals surface area contributed by atoms with Crippen molar-refractivity contribution in [2.75, 3.05) is 52.3 Å². The molecule has 0 spiro atoms. The Morgan fingerprint density at radius 3 is 2.67 bits per heavy atom. The molecule has 0 saturated carbocycles. The van der Waals surface area contributed by atoms with Gasteiger partial charge in [0, 0.05) is 31.4 Å². The summed E-state index contributed by atoms with van der Waals surface area (Å²) in [6, 6.07) is 5.77. The standard InChI is InChI=1S/C18H30N4O2/c1-5-19-18(20-12-14-9-10-22(6-2)13-14)21-15-7-8-16(23-3)17(11-15)24-4/h7-8,11,14H,5-6,9-10,12-13H2,1-4H3,(H2,19,20,21). The summed E-state index contributed by atoms with van der Waals surface area (Å²) in [5, 5.41) is 6.64. The number of hydrogen-bond donors (Lipinski definition) is 2. The third kappa shape index (κ3) is 5.03.